The molecule has 1 aliphatic heterocycles. The minimum atomic E-state index is -0.991. The first-order valence-corrected chi connectivity index (χ1v) is 13.8. The van der Waals surface area contributed by atoms with Crippen LogP contribution >= 0.6 is 0 Å². The molecule has 3 heterocycles. The van der Waals surface area contributed by atoms with Gasteiger partial charge in [0.05, 0.1) is 23.2 Å². The standard InChI is InChI=1S/C31H32F2N4O3/c1-35-16-4-5-23(31(35)39)19-8-15-27-26(17-19)34-30(37(27)20-9-12-22(40-2)13-10-20)28-6-3-7-29(38)36(28)21-11-14-24(32)25(33)18-21/h4-5,8,11,14-18,20,22,28H,3,6-7,9-10,12-13H2,1-2H3/t20-,22-,28-/m0/s1. The van der Waals surface area contributed by atoms with Gasteiger partial charge in [0.2, 0.25) is 5.91 Å². The minimum Gasteiger partial charge on any atom is -0.381 e. The molecular weight excluding hydrogens is 514 g/mol. The predicted octanol–water partition coefficient (Wildman–Crippen LogP) is 6.07. The highest BCUT2D eigenvalue weighted by Crippen LogP contribution is 2.41. The van der Waals surface area contributed by atoms with E-state index in [9.17, 15) is 18.4 Å². The van der Waals surface area contributed by atoms with Crippen LogP contribution in [-0.4, -0.2) is 33.2 Å². The summed E-state index contributed by atoms with van der Waals surface area (Å²) < 4.78 is 37.5. The molecule has 0 unspecified atom stereocenters. The van der Waals surface area contributed by atoms with Crippen molar-refractivity contribution in [3.63, 3.8) is 0 Å². The summed E-state index contributed by atoms with van der Waals surface area (Å²) in [7, 11) is 3.46. The maximum atomic E-state index is 14.3. The normalized spacial score (nSPS) is 21.8. The minimum absolute atomic E-state index is 0.0956. The molecule has 0 N–H and O–H groups in total. The van der Waals surface area contributed by atoms with E-state index in [-0.39, 0.29) is 23.6 Å². The second-order valence-corrected chi connectivity index (χ2v) is 10.8. The van der Waals surface area contributed by atoms with E-state index in [4.69, 9.17) is 9.72 Å². The van der Waals surface area contributed by atoms with Gasteiger partial charge in [-0.25, -0.2) is 13.8 Å². The molecule has 1 saturated carbocycles. The highest BCUT2D eigenvalue weighted by Gasteiger charge is 2.36. The summed E-state index contributed by atoms with van der Waals surface area (Å²) in [6, 6.07) is 12.8. The molecule has 0 bridgehead atoms. The third-order valence-corrected chi connectivity index (χ3v) is 8.42. The number of imidazole rings is 1. The summed E-state index contributed by atoms with van der Waals surface area (Å²) in [5.74, 6) is -1.36. The third kappa shape index (κ3) is 4.62. The number of aryl methyl sites for hydroxylation is 1. The lowest BCUT2D eigenvalue weighted by Crippen LogP contribution is -2.40. The topological polar surface area (TPSA) is 69.4 Å². The van der Waals surface area contributed by atoms with E-state index >= 15 is 0 Å². The molecule has 40 heavy (non-hydrogen) atoms. The van der Waals surface area contributed by atoms with Crippen molar-refractivity contribution < 1.29 is 18.3 Å². The van der Waals surface area contributed by atoms with Crippen molar-refractivity contribution in [2.75, 3.05) is 12.0 Å². The zero-order chi connectivity index (χ0) is 28.0. The van der Waals surface area contributed by atoms with Gasteiger partial charge in [0.1, 0.15) is 5.82 Å². The maximum absolute atomic E-state index is 14.3. The predicted molar refractivity (Wildman–Crippen MR) is 149 cm³/mol. The van der Waals surface area contributed by atoms with Gasteiger partial charge >= 0.3 is 0 Å². The number of aromatic nitrogens is 3. The Morgan fingerprint density at radius 2 is 1.75 bits per heavy atom. The number of carbonyl (C=O) groups excluding carboxylic acids is 1. The van der Waals surface area contributed by atoms with Gasteiger partial charge < -0.3 is 18.8 Å². The lowest BCUT2D eigenvalue weighted by molar-refractivity contribution is -0.120. The van der Waals surface area contributed by atoms with Crippen molar-refractivity contribution in [3.8, 4) is 11.1 Å². The number of pyridine rings is 1. The van der Waals surface area contributed by atoms with E-state index in [1.165, 1.54) is 6.07 Å². The fourth-order valence-corrected chi connectivity index (χ4v) is 6.33. The number of hydrogen-bond donors (Lipinski definition) is 0. The van der Waals surface area contributed by atoms with Gasteiger partial charge in [0, 0.05) is 50.1 Å². The maximum Gasteiger partial charge on any atom is 0.258 e. The number of carbonyl (C=O) groups is 1. The van der Waals surface area contributed by atoms with Crippen molar-refractivity contribution in [1.82, 2.24) is 14.1 Å². The Bertz CT molecular complexity index is 1640. The molecule has 1 amide bonds. The van der Waals surface area contributed by atoms with E-state index in [1.807, 2.05) is 24.3 Å². The van der Waals surface area contributed by atoms with E-state index in [0.29, 0.717) is 30.5 Å². The summed E-state index contributed by atoms with van der Waals surface area (Å²) in [5, 5.41) is 0. The number of anilines is 1. The lowest BCUT2D eigenvalue weighted by atomic mass is 9.91. The van der Waals surface area contributed by atoms with Crippen LogP contribution in [0.3, 0.4) is 0 Å². The fourth-order valence-electron chi connectivity index (χ4n) is 6.33. The summed E-state index contributed by atoms with van der Waals surface area (Å²) in [6.07, 6.45) is 7.20. The lowest BCUT2D eigenvalue weighted by Gasteiger charge is -2.37. The molecule has 2 aromatic heterocycles. The molecule has 1 atom stereocenters. The van der Waals surface area contributed by atoms with Crippen molar-refractivity contribution >= 4 is 22.6 Å². The molecule has 2 aliphatic rings. The number of amides is 1. The second kappa shape index (κ2) is 10.6. The molecule has 2 aromatic carbocycles. The Hall–Kier alpha value is -3.85. The number of fused-ring (bicyclic) bond motifs is 1. The summed E-state index contributed by atoms with van der Waals surface area (Å²) in [5.41, 5.74) is 3.24. The number of piperidine rings is 1. The van der Waals surface area contributed by atoms with Gasteiger partial charge in [-0.3, -0.25) is 9.59 Å². The number of rotatable bonds is 5. The largest absolute Gasteiger partial charge is 0.381 e. The fraction of sp³-hybridized carbons (Fsp3) is 0.387. The van der Waals surface area contributed by atoms with Crippen LogP contribution in [0.4, 0.5) is 14.5 Å². The second-order valence-electron chi connectivity index (χ2n) is 10.8. The Labute approximate surface area is 231 Å². The smallest absolute Gasteiger partial charge is 0.258 e. The Kier molecular flexibility index (Phi) is 7.00. The Morgan fingerprint density at radius 3 is 2.50 bits per heavy atom. The van der Waals surface area contributed by atoms with Crippen molar-refractivity contribution in [3.05, 3.63) is 82.5 Å². The Morgan fingerprint density at radius 1 is 0.950 bits per heavy atom. The van der Waals surface area contributed by atoms with Gasteiger partial charge in [-0.05, 0) is 80.5 Å². The molecule has 1 saturated heterocycles. The van der Waals surface area contributed by atoms with Crippen LogP contribution in [0, 0.1) is 11.6 Å². The number of ether oxygens (including phenoxy) is 1. The van der Waals surface area contributed by atoms with E-state index < -0.39 is 17.7 Å². The van der Waals surface area contributed by atoms with Gasteiger partial charge in [0.15, 0.2) is 11.6 Å². The van der Waals surface area contributed by atoms with Crippen LogP contribution in [0.1, 0.15) is 62.9 Å². The van der Waals surface area contributed by atoms with Crippen molar-refractivity contribution in [2.24, 2.45) is 7.05 Å². The molecule has 1 aliphatic carbocycles. The highest BCUT2D eigenvalue weighted by molar-refractivity contribution is 5.95. The number of nitrogens with zero attached hydrogens (tertiary/aromatic N) is 4. The van der Waals surface area contributed by atoms with Crippen LogP contribution in [0.25, 0.3) is 22.2 Å². The van der Waals surface area contributed by atoms with E-state index in [1.54, 1.807) is 35.9 Å². The van der Waals surface area contributed by atoms with Gasteiger partial charge in [-0.15, -0.1) is 0 Å². The van der Waals surface area contributed by atoms with Crippen LogP contribution < -0.4 is 10.5 Å². The first-order valence-electron chi connectivity index (χ1n) is 13.8. The first-order chi connectivity index (χ1) is 19.4. The number of methoxy groups -OCH3 is 1. The SMILES string of the molecule is CO[C@H]1CC[C@H](n2c([C@@H]3CCCC(=O)N3c3ccc(F)c(F)c3)nc3cc(-c4cccn(C)c4=O)ccc32)CC1. The quantitative estimate of drug-likeness (QED) is 0.305. The van der Waals surface area contributed by atoms with Crippen LogP contribution in [0.15, 0.2) is 59.5 Å². The zero-order valence-electron chi connectivity index (χ0n) is 22.6. The molecule has 208 valence electrons. The zero-order valence-corrected chi connectivity index (χ0v) is 22.6. The van der Waals surface area contributed by atoms with Gasteiger partial charge in [-0.2, -0.15) is 0 Å². The summed E-state index contributed by atoms with van der Waals surface area (Å²) in [6.45, 7) is 0. The molecule has 9 heteroatoms. The van der Waals surface area contributed by atoms with Gasteiger partial charge in [0.25, 0.3) is 5.56 Å². The molecule has 7 nitrogen and oxygen atoms in total. The van der Waals surface area contributed by atoms with Crippen LogP contribution in [-0.2, 0) is 16.6 Å². The molecular formula is C31H32F2N4O3. The van der Waals surface area contributed by atoms with Crippen LogP contribution in [0.2, 0.25) is 0 Å². The number of hydrogen-bond acceptors (Lipinski definition) is 4. The molecule has 4 aromatic rings. The third-order valence-electron chi connectivity index (χ3n) is 8.42. The monoisotopic (exact) mass is 546 g/mol. The van der Waals surface area contributed by atoms with Crippen molar-refractivity contribution in [1.29, 1.82) is 0 Å². The first kappa shape index (κ1) is 26.4. The van der Waals surface area contributed by atoms with E-state index in [2.05, 4.69) is 4.57 Å². The average Bonchev–Trinajstić information content (AvgIpc) is 3.34. The highest BCUT2D eigenvalue weighted by atomic mass is 19.2. The molecule has 2 fully saturated rings. The van der Waals surface area contributed by atoms with Gasteiger partial charge in [-0.1, -0.05) is 6.07 Å². The van der Waals surface area contributed by atoms with Crippen molar-refractivity contribution in [2.45, 2.75) is 63.1 Å². The Balaban J connectivity index is 1.51. The molecule has 0 spiro atoms. The number of benzene rings is 2. The van der Waals surface area contributed by atoms with E-state index in [0.717, 1.165) is 60.2 Å². The molecule has 0 radical (unpaired) electrons. The summed E-state index contributed by atoms with van der Waals surface area (Å²) in [4.78, 5) is 32.8. The number of halogens is 2. The molecule has 6 rings (SSSR count). The average molecular weight is 547 g/mol. The van der Waals surface area contributed by atoms with Crippen LogP contribution in [0.5, 0.6) is 0 Å². The summed E-state index contributed by atoms with van der Waals surface area (Å²) >= 11 is 0.